The first-order chi connectivity index (χ1) is 13.0. The van der Waals surface area contributed by atoms with Gasteiger partial charge in [-0.15, -0.1) is 0 Å². The molecule has 0 saturated carbocycles. The summed E-state index contributed by atoms with van der Waals surface area (Å²) in [6, 6.07) is 6.10. The number of nitrogens with one attached hydrogen (secondary N) is 1. The Bertz CT molecular complexity index is 563. The standard InChI is InChI=1S/C21H34N2O4/c1-16(2)11-18(23-7-9-27-10-8-23)15-22-21(24)6-5-17-12-19(25-3)14-20(13-17)26-4/h12-14,16,18H,5-11,15H2,1-4H3,(H,22,24). The molecule has 27 heavy (non-hydrogen) atoms. The lowest BCUT2D eigenvalue weighted by Gasteiger charge is -2.35. The Kier molecular flexibility index (Phi) is 8.88. The van der Waals surface area contributed by atoms with Crippen molar-refractivity contribution in [3.05, 3.63) is 23.8 Å². The van der Waals surface area contributed by atoms with Crippen molar-refractivity contribution in [2.45, 2.75) is 39.2 Å². The Morgan fingerprint density at radius 2 is 1.78 bits per heavy atom. The summed E-state index contributed by atoms with van der Waals surface area (Å²) in [4.78, 5) is 14.8. The van der Waals surface area contributed by atoms with Crippen LogP contribution in [0.5, 0.6) is 11.5 Å². The van der Waals surface area contributed by atoms with Gasteiger partial charge in [0.15, 0.2) is 0 Å². The van der Waals surface area contributed by atoms with Crippen molar-refractivity contribution >= 4 is 5.91 Å². The van der Waals surface area contributed by atoms with E-state index in [9.17, 15) is 4.79 Å². The minimum atomic E-state index is 0.0822. The molecule has 1 aliphatic heterocycles. The van der Waals surface area contributed by atoms with Crippen LogP contribution in [0.1, 0.15) is 32.3 Å². The Hall–Kier alpha value is -1.79. The quantitative estimate of drug-likeness (QED) is 0.678. The van der Waals surface area contributed by atoms with Gasteiger partial charge >= 0.3 is 0 Å². The first kappa shape index (κ1) is 21.5. The maximum Gasteiger partial charge on any atom is 0.220 e. The molecule has 6 heteroatoms. The fraction of sp³-hybridized carbons (Fsp3) is 0.667. The molecule has 1 fully saturated rings. The van der Waals surface area contributed by atoms with Crippen molar-refractivity contribution in [2.24, 2.45) is 5.92 Å². The van der Waals surface area contributed by atoms with Crippen LogP contribution in [0.25, 0.3) is 0 Å². The van der Waals surface area contributed by atoms with Crippen molar-refractivity contribution in [1.82, 2.24) is 10.2 Å². The van der Waals surface area contributed by atoms with Crippen LogP contribution in [0.3, 0.4) is 0 Å². The molecule has 1 aliphatic rings. The number of ether oxygens (including phenoxy) is 3. The van der Waals surface area contributed by atoms with E-state index in [4.69, 9.17) is 14.2 Å². The van der Waals surface area contributed by atoms with Gasteiger partial charge in [0.2, 0.25) is 5.91 Å². The van der Waals surface area contributed by atoms with E-state index in [1.54, 1.807) is 14.2 Å². The van der Waals surface area contributed by atoms with Gasteiger partial charge in [-0.2, -0.15) is 0 Å². The number of hydrogen-bond acceptors (Lipinski definition) is 5. The predicted molar refractivity (Wildman–Crippen MR) is 107 cm³/mol. The van der Waals surface area contributed by atoms with E-state index < -0.39 is 0 Å². The highest BCUT2D eigenvalue weighted by molar-refractivity contribution is 5.76. The third kappa shape index (κ3) is 7.39. The molecule has 152 valence electrons. The zero-order chi connectivity index (χ0) is 19.6. The van der Waals surface area contributed by atoms with Gasteiger partial charge in [0.05, 0.1) is 27.4 Å². The lowest BCUT2D eigenvalue weighted by atomic mass is 10.0. The molecular formula is C21H34N2O4. The molecule has 0 spiro atoms. The number of hydrogen-bond donors (Lipinski definition) is 1. The second-order valence-corrected chi connectivity index (χ2v) is 7.46. The lowest BCUT2D eigenvalue weighted by molar-refractivity contribution is -0.121. The van der Waals surface area contributed by atoms with Gasteiger partial charge in [-0.1, -0.05) is 13.8 Å². The van der Waals surface area contributed by atoms with E-state index in [1.807, 2.05) is 18.2 Å². The normalized spacial score (nSPS) is 16.2. The molecule has 1 unspecified atom stereocenters. The fourth-order valence-corrected chi connectivity index (χ4v) is 3.44. The van der Waals surface area contributed by atoms with E-state index in [0.717, 1.165) is 49.8 Å². The highest BCUT2D eigenvalue weighted by Crippen LogP contribution is 2.23. The van der Waals surface area contributed by atoms with Crippen LogP contribution in [-0.4, -0.2) is 63.9 Å². The third-order valence-electron chi connectivity index (χ3n) is 4.89. The lowest BCUT2D eigenvalue weighted by Crippen LogP contribution is -2.49. The summed E-state index contributed by atoms with van der Waals surface area (Å²) in [5.41, 5.74) is 1.04. The van der Waals surface area contributed by atoms with Crippen LogP contribution in [0.4, 0.5) is 0 Å². The van der Waals surface area contributed by atoms with Gasteiger partial charge in [0.1, 0.15) is 11.5 Å². The summed E-state index contributed by atoms with van der Waals surface area (Å²) in [7, 11) is 3.26. The number of aryl methyl sites for hydroxylation is 1. The number of amides is 1. The molecule has 1 atom stereocenters. The van der Waals surface area contributed by atoms with Crippen molar-refractivity contribution in [1.29, 1.82) is 0 Å². The van der Waals surface area contributed by atoms with Gasteiger partial charge < -0.3 is 19.5 Å². The molecule has 0 aromatic heterocycles. The van der Waals surface area contributed by atoms with Gasteiger partial charge in [-0.25, -0.2) is 0 Å². The van der Waals surface area contributed by atoms with Gasteiger partial charge in [-0.3, -0.25) is 9.69 Å². The number of rotatable bonds is 10. The smallest absolute Gasteiger partial charge is 0.220 e. The molecule has 1 aromatic rings. The van der Waals surface area contributed by atoms with Crippen molar-refractivity contribution in [3.63, 3.8) is 0 Å². The summed E-state index contributed by atoms with van der Waals surface area (Å²) >= 11 is 0. The monoisotopic (exact) mass is 378 g/mol. The van der Waals surface area contributed by atoms with Crippen molar-refractivity contribution in [3.8, 4) is 11.5 Å². The highest BCUT2D eigenvalue weighted by Gasteiger charge is 2.22. The van der Waals surface area contributed by atoms with E-state index in [-0.39, 0.29) is 5.91 Å². The fourth-order valence-electron chi connectivity index (χ4n) is 3.44. The molecule has 1 saturated heterocycles. The molecule has 6 nitrogen and oxygen atoms in total. The van der Waals surface area contributed by atoms with Gasteiger partial charge in [-0.05, 0) is 36.5 Å². The average Bonchev–Trinajstić information content (AvgIpc) is 2.69. The van der Waals surface area contributed by atoms with E-state index in [0.29, 0.717) is 31.3 Å². The molecule has 1 amide bonds. The van der Waals surface area contributed by atoms with Crippen LogP contribution in [-0.2, 0) is 16.0 Å². The van der Waals surface area contributed by atoms with Crippen LogP contribution in [0, 0.1) is 5.92 Å². The maximum absolute atomic E-state index is 12.4. The largest absolute Gasteiger partial charge is 0.497 e. The zero-order valence-corrected chi connectivity index (χ0v) is 17.1. The first-order valence-corrected chi connectivity index (χ1v) is 9.82. The molecule has 1 heterocycles. The second-order valence-electron chi connectivity index (χ2n) is 7.46. The molecule has 1 aromatic carbocycles. The summed E-state index contributed by atoms with van der Waals surface area (Å²) in [6.45, 7) is 8.59. The maximum atomic E-state index is 12.4. The molecule has 0 radical (unpaired) electrons. The number of nitrogens with zero attached hydrogens (tertiary/aromatic N) is 1. The highest BCUT2D eigenvalue weighted by atomic mass is 16.5. The van der Waals surface area contributed by atoms with Crippen LogP contribution < -0.4 is 14.8 Å². The summed E-state index contributed by atoms with van der Waals surface area (Å²) in [5.74, 6) is 2.17. The number of methoxy groups -OCH3 is 2. The average molecular weight is 379 g/mol. The molecular weight excluding hydrogens is 344 g/mol. The van der Waals surface area contributed by atoms with E-state index in [2.05, 4.69) is 24.1 Å². The number of carbonyl (C=O) groups is 1. The third-order valence-corrected chi connectivity index (χ3v) is 4.89. The Morgan fingerprint density at radius 1 is 1.15 bits per heavy atom. The van der Waals surface area contributed by atoms with E-state index >= 15 is 0 Å². The number of carbonyl (C=O) groups excluding carboxylic acids is 1. The topological polar surface area (TPSA) is 60.0 Å². The Morgan fingerprint density at radius 3 is 2.33 bits per heavy atom. The number of benzene rings is 1. The zero-order valence-electron chi connectivity index (χ0n) is 17.1. The van der Waals surface area contributed by atoms with E-state index in [1.165, 1.54) is 0 Å². The first-order valence-electron chi connectivity index (χ1n) is 9.82. The molecule has 2 rings (SSSR count). The van der Waals surface area contributed by atoms with Gasteiger partial charge in [0, 0.05) is 38.2 Å². The SMILES string of the molecule is COc1cc(CCC(=O)NCC(CC(C)C)N2CCOCC2)cc(OC)c1. The van der Waals surface area contributed by atoms with Crippen LogP contribution in [0.15, 0.2) is 18.2 Å². The number of morpholine rings is 1. The Balaban J connectivity index is 1.84. The van der Waals surface area contributed by atoms with Crippen molar-refractivity contribution in [2.75, 3.05) is 47.1 Å². The Labute approximate surface area is 163 Å². The van der Waals surface area contributed by atoms with Gasteiger partial charge in [0.25, 0.3) is 0 Å². The minimum Gasteiger partial charge on any atom is -0.497 e. The minimum absolute atomic E-state index is 0.0822. The van der Waals surface area contributed by atoms with Crippen molar-refractivity contribution < 1.29 is 19.0 Å². The summed E-state index contributed by atoms with van der Waals surface area (Å²) < 4.78 is 16.0. The molecule has 0 bridgehead atoms. The van der Waals surface area contributed by atoms with Crippen LogP contribution >= 0.6 is 0 Å². The predicted octanol–water partition coefficient (Wildman–Crippen LogP) is 2.50. The molecule has 1 N–H and O–H groups in total. The van der Waals surface area contributed by atoms with Crippen LogP contribution in [0.2, 0.25) is 0 Å². The second kappa shape index (κ2) is 11.1. The summed E-state index contributed by atoms with van der Waals surface area (Å²) in [6.07, 6.45) is 2.19. The summed E-state index contributed by atoms with van der Waals surface area (Å²) in [5, 5.41) is 3.13. The molecule has 0 aliphatic carbocycles.